The minimum atomic E-state index is -0.587. The third-order valence-corrected chi connectivity index (χ3v) is 7.59. The van der Waals surface area contributed by atoms with Crippen LogP contribution in [-0.4, -0.2) is 34.6 Å². The van der Waals surface area contributed by atoms with E-state index in [1.807, 2.05) is 84.9 Å². The molecule has 1 atom stereocenters. The summed E-state index contributed by atoms with van der Waals surface area (Å²) in [6.45, 7) is 0.385. The molecule has 1 fully saturated rings. The van der Waals surface area contributed by atoms with Gasteiger partial charge < -0.3 is 10.2 Å². The van der Waals surface area contributed by atoms with E-state index in [9.17, 15) is 9.59 Å². The molecule has 0 aromatic heterocycles. The van der Waals surface area contributed by atoms with Crippen molar-refractivity contribution in [1.82, 2.24) is 10.2 Å². The van der Waals surface area contributed by atoms with Crippen molar-refractivity contribution in [3.63, 3.8) is 0 Å². The molecule has 0 spiro atoms. The van der Waals surface area contributed by atoms with Crippen LogP contribution in [0.4, 0.5) is 0 Å². The minimum absolute atomic E-state index is 0.0590. The van der Waals surface area contributed by atoms with E-state index in [0.717, 1.165) is 41.7 Å². The zero-order valence-electron chi connectivity index (χ0n) is 19.7. The van der Waals surface area contributed by atoms with E-state index in [1.54, 1.807) is 4.90 Å². The maximum Gasteiger partial charge on any atom is 0.243 e. The first kappa shape index (κ1) is 25.3. The maximum absolute atomic E-state index is 13.7. The molecular formula is C29H31ClN2O2S. The summed E-state index contributed by atoms with van der Waals surface area (Å²) in [6, 6.07) is 26.9. The Morgan fingerprint density at radius 2 is 1.49 bits per heavy atom. The Morgan fingerprint density at radius 3 is 2.11 bits per heavy atom. The third-order valence-electron chi connectivity index (χ3n) is 6.34. The fourth-order valence-corrected chi connectivity index (χ4v) is 5.37. The van der Waals surface area contributed by atoms with Crippen LogP contribution in [0, 0.1) is 0 Å². The Bertz CT molecular complexity index is 1090. The van der Waals surface area contributed by atoms with E-state index in [1.165, 1.54) is 11.8 Å². The molecule has 2 amide bonds. The molecule has 3 aromatic carbocycles. The molecule has 0 saturated heterocycles. The highest BCUT2D eigenvalue weighted by molar-refractivity contribution is 8.00. The van der Waals surface area contributed by atoms with Crippen LogP contribution in [0.1, 0.15) is 36.8 Å². The predicted octanol–water partition coefficient (Wildman–Crippen LogP) is 6.13. The van der Waals surface area contributed by atoms with Crippen LogP contribution in [0.5, 0.6) is 0 Å². The first-order valence-corrected chi connectivity index (χ1v) is 13.5. The standard InChI is InChI=1S/C29H31ClN2O2S/c30-24-15-17-26(18-16-24)35-21-28(33)32(20-23-11-5-2-6-12-23)27(19-22-9-3-1-4-10-22)29(34)31-25-13-7-8-14-25/h1-6,9-12,15-18,25,27H,7-8,13-14,19-21H2,(H,31,34). The Morgan fingerprint density at radius 1 is 0.886 bits per heavy atom. The molecule has 1 unspecified atom stereocenters. The first-order valence-electron chi connectivity index (χ1n) is 12.1. The summed E-state index contributed by atoms with van der Waals surface area (Å²) in [5, 5.41) is 3.91. The lowest BCUT2D eigenvalue weighted by molar-refractivity contribution is -0.139. The van der Waals surface area contributed by atoms with Gasteiger partial charge in [0.1, 0.15) is 6.04 Å². The van der Waals surface area contributed by atoms with E-state index < -0.39 is 6.04 Å². The van der Waals surface area contributed by atoms with Gasteiger partial charge in [-0.05, 0) is 48.2 Å². The lowest BCUT2D eigenvalue weighted by atomic mass is 10.0. The van der Waals surface area contributed by atoms with Crippen LogP contribution in [0.2, 0.25) is 5.02 Å². The Balaban J connectivity index is 1.58. The largest absolute Gasteiger partial charge is 0.352 e. The van der Waals surface area contributed by atoms with Crippen LogP contribution in [0.3, 0.4) is 0 Å². The lowest BCUT2D eigenvalue weighted by Gasteiger charge is -2.32. The average molecular weight is 507 g/mol. The molecule has 4 nitrogen and oxygen atoms in total. The van der Waals surface area contributed by atoms with Gasteiger partial charge in [0.2, 0.25) is 11.8 Å². The number of hydrogen-bond donors (Lipinski definition) is 1. The van der Waals surface area contributed by atoms with Gasteiger partial charge in [-0.15, -0.1) is 11.8 Å². The van der Waals surface area contributed by atoms with Crippen molar-refractivity contribution in [3.8, 4) is 0 Å². The summed E-state index contributed by atoms with van der Waals surface area (Å²) in [6.07, 6.45) is 4.76. The molecule has 1 saturated carbocycles. The number of benzene rings is 3. The average Bonchev–Trinajstić information content (AvgIpc) is 3.40. The summed E-state index contributed by atoms with van der Waals surface area (Å²) in [5.41, 5.74) is 2.04. The maximum atomic E-state index is 13.7. The molecule has 4 rings (SSSR count). The van der Waals surface area contributed by atoms with E-state index in [2.05, 4.69) is 5.32 Å². The van der Waals surface area contributed by atoms with Crippen LogP contribution >= 0.6 is 23.4 Å². The van der Waals surface area contributed by atoms with Gasteiger partial charge in [0.05, 0.1) is 5.75 Å². The molecule has 0 bridgehead atoms. The minimum Gasteiger partial charge on any atom is -0.352 e. The van der Waals surface area contributed by atoms with Gasteiger partial charge >= 0.3 is 0 Å². The smallest absolute Gasteiger partial charge is 0.243 e. The molecule has 0 heterocycles. The van der Waals surface area contributed by atoms with Gasteiger partial charge in [0, 0.05) is 28.9 Å². The Labute approximate surface area is 217 Å². The second-order valence-corrected chi connectivity index (χ2v) is 10.4. The highest BCUT2D eigenvalue weighted by Crippen LogP contribution is 2.23. The number of nitrogens with zero attached hydrogens (tertiary/aromatic N) is 1. The normalized spacial score (nSPS) is 14.4. The number of amides is 2. The zero-order chi connectivity index (χ0) is 24.5. The molecule has 1 aliphatic carbocycles. The Hall–Kier alpha value is -2.76. The van der Waals surface area contributed by atoms with Crippen LogP contribution < -0.4 is 5.32 Å². The van der Waals surface area contributed by atoms with E-state index in [0.29, 0.717) is 18.0 Å². The van der Waals surface area contributed by atoms with Gasteiger partial charge in [-0.2, -0.15) is 0 Å². The van der Waals surface area contributed by atoms with Crippen LogP contribution in [0.25, 0.3) is 0 Å². The third kappa shape index (κ3) is 7.61. The number of nitrogens with one attached hydrogen (secondary N) is 1. The van der Waals surface area contributed by atoms with E-state index >= 15 is 0 Å². The zero-order valence-corrected chi connectivity index (χ0v) is 21.3. The number of thioether (sulfide) groups is 1. The fourth-order valence-electron chi connectivity index (χ4n) is 4.46. The van der Waals surface area contributed by atoms with Gasteiger partial charge in [0.25, 0.3) is 0 Å². The quantitative estimate of drug-likeness (QED) is 0.336. The summed E-state index contributed by atoms with van der Waals surface area (Å²) in [5.74, 6) is 0.119. The van der Waals surface area contributed by atoms with Crippen molar-refractivity contribution in [2.75, 3.05) is 5.75 Å². The number of carbonyl (C=O) groups is 2. The topological polar surface area (TPSA) is 49.4 Å². The molecule has 35 heavy (non-hydrogen) atoms. The fraction of sp³-hybridized carbons (Fsp3) is 0.310. The Kier molecular flexibility index (Phi) is 9.27. The number of halogens is 1. The first-order chi connectivity index (χ1) is 17.1. The van der Waals surface area contributed by atoms with Gasteiger partial charge in [-0.1, -0.05) is 85.1 Å². The van der Waals surface area contributed by atoms with Gasteiger partial charge in [-0.25, -0.2) is 0 Å². The van der Waals surface area contributed by atoms with Crippen molar-refractivity contribution in [3.05, 3.63) is 101 Å². The highest BCUT2D eigenvalue weighted by Gasteiger charge is 2.32. The van der Waals surface area contributed by atoms with Gasteiger partial charge in [-0.3, -0.25) is 9.59 Å². The molecule has 1 N–H and O–H groups in total. The van der Waals surface area contributed by atoms with E-state index in [4.69, 9.17) is 11.6 Å². The lowest BCUT2D eigenvalue weighted by Crippen LogP contribution is -2.52. The summed E-state index contributed by atoms with van der Waals surface area (Å²) >= 11 is 7.47. The summed E-state index contributed by atoms with van der Waals surface area (Å²) < 4.78 is 0. The number of carbonyl (C=O) groups excluding carboxylic acids is 2. The highest BCUT2D eigenvalue weighted by atomic mass is 35.5. The molecule has 182 valence electrons. The molecule has 6 heteroatoms. The van der Waals surface area contributed by atoms with Crippen molar-refractivity contribution in [2.24, 2.45) is 0 Å². The van der Waals surface area contributed by atoms with Crippen molar-refractivity contribution < 1.29 is 9.59 Å². The SMILES string of the molecule is O=C(NC1CCCC1)C(Cc1ccccc1)N(Cc1ccccc1)C(=O)CSc1ccc(Cl)cc1. The van der Waals surface area contributed by atoms with Gasteiger partial charge in [0.15, 0.2) is 0 Å². The molecule has 1 aliphatic rings. The summed E-state index contributed by atoms with van der Waals surface area (Å²) in [4.78, 5) is 30.0. The molecule has 0 radical (unpaired) electrons. The van der Waals surface area contributed by atoms with Crippen molar-refractivity contribution in [2.45, 2.75) is 55.6 Å². The van der Waals surface area contributed by atoms with E-state index in [-0.39, 0.29) is 23.6 Å². The monoisotopic (exact) mass is 506 g/mol. The van der Waals surface area contributed by atoms with Crippen molar-refractivity contribution >= 4 is 35.2 Å². The molecule has 0 aliphatic heterocycles. The second-order valence-electron chi connectivity index (χ2n) is 8.95. The number of hydrogen-bond acceptors (Lipinski definition) is 3. The number of rotatable bonds is 10. The predicted molar refractivity (Wildman–Crippen MR) is 144 cm³/mol. The molecular weight excluding hydrogens is 476 g/mol. The van der Waals surface area contributed by atoms with Crippen LogP contribution in [-0.2, 0) is 22.6 Å². The second kappa shape index (κ2) is 12.8. The summed E-state index contributed by atoms with van der Waals surface area (Å²) in [7, 11) is 0. The molecule has 3 aromatic rings. The van der Waals surface area contributed by atoms with Crippen molar-refractivity contribution in [1.29, 1.82) is 0 Å². The van der Waals surface area contributed by atoms with Crippen LogP contribution in [0.15, 0.2) is 89.8 Å².